The van der Waals surface area contributed by atoms with Crippen molar-refractivity contribution in [3.8, 4) is 23.0 Å². The van der Waals surface area contributed by atoms with Crippen molar-refractivity contribution >= 4 is 5.97 Å². The van der Waals surface area contributed by atoms with Crippen LogP contribution in [-0.2, 0) is 16.1 Å². The number of phenolic OH excluding ortho intramolecular Hbond substituents is 1. The smallest absolute Gasteiger partial charge is 0.306 e. The summed E-state index contributed by atoms with van der Waals surface area (Å²) in [6.07, 6.45) is -0.281. The van der Waals surface area contributed by atoms with Gasteiger partial charge in [0.2, 0.25) is 16.9 Å². The van der Waals surface area contributed by atoms with Crippen LogP contribution in [0.1, 0.15) is 36.3 Å². The van der Waals surface area contributed by atoms with E-state index in [9.17, 15) is 24.9 Å². The maximum absolute atomic E-state index is 12.1. The van der Waals surface area contributed by atoms with Gasteiger partial charge in [0.1, 0.15) is 12.4 Å². The number of rotatable bonds is 8. The average molecular weight is 394 g/mol. The minimum atomic E-state index is -0.971. The summed E-state index contributed by atoms with van der Waals surface area (Å²) in [5, 5.41) is 29.7. The average Bonchev–Trinajstić information content (AvgIpc) is 2.68. The number of aliphatic hydroxyl groups excluding tert-OH is 1. The lowest BCUT2D eigenvalue weighted by atomic mass is 9.91. The molecule has 3 N–H and O–H groups in total. The Labute approximate surface area is 160 Å². The number of hydrogen-bond acceptors (Lipinski definition) is 9. The van der Waals surface area contributed by atoms with E-state index in [0.717, 1.165) is 6.07 Å². The van der Waals surface area contributed by atoms with Gasteiger partial charge < -0.3 is 33.9 Å². The minimum absolute atomic E-state index is 0.0587. The van der Waals surface area contributed by atoms with Crippen LogP contribution in [0.3, 0.4) is 0 Å². The van der Waals surface area contributed by atoms with Crippen molar-refractivity contribution < 1.29 is 38.7 Å². The maximum Gasteiger partial charge on any atom is 0.306 e. The Kier molecular flexibility index (Phi) is 6.89. The van der Waals surface area contributed by atoms with Gasteiger partial charge in [-0.1, -0.05) is 0 Å². The van der Waals surface area contributed by atoms with Crippen LogP contribution in [0.5, 0.6) is 23.0 Å². The van der Waals surface area contributed by atoms with Gasteiger partial charge in [-0.2, -0.15) is 0 Å². The van der Waals surface area contributed by atoms with Crippen molar-refractivity contribution in [2.75, 3.05) is 20.8 Å². The molecule has 0 fully saturated rings. The Balaban J connectivity index is 2.69. The third-order valence-corrected chi connectivity index (χ3v) is 4.05. The molecule has 0 amide bonds. The Hall–Kier alpha value is -3.20. The summed E-state index contributed by atoms with van der Waals surface area (Å²) in [7, 11) is 2.67. The van der Waals surface area contributed by atoms with E-state index in [2.05, 4.69) is 0 Å². The molecule has 1 atom stereocenters. The van der Waals surface area contributed by atoms with Gasteiger partial charge in [-0.3, -0.25) is 9.59 Å². The fraction of sp³-hybridized carbons (Fsp3) is 0.368. The highest BCUT2D eigenvalue weighted by Crippen LogP contribution is 2.42. The van der Waals surface area contributed by atoms with Crippen molar-refractivity contribution in [3.63, 3.8) is 0 Å². The van der Waals surface area contributed by atoms with E-state index in [4.69, 9.17) is 18.6 Å². The molecule has 1 aromatic heterocycles. The molecule has 0 radical (unpaired) electrons. The SMILES string of the molecule is CCOC(=O)CC(c1cc(OC)c(O)c(OC)c1)c1oc(CO)cc(=O)c1O. The number of aliphatic hydroxyl groups is 1. The fourth-order valence-electron chi connectivity index (χ4n) is 2.73. The number of phenols is 1. The lowest BCUT2D eigenvalue weighted by molar-refractivity contribution is -0.143. The summed E-state index contributed by atoms with van der Waals surface area (Å²) in [5.41, 5.74) is -0.412. The predicted molar refractivity (Wildman–Crippen MR) is 96.9 cm³/mol. The molecule has 28 heavy (non-hydrogen) atoms. The van der Waals surface area contributed by atoms with Gasteiger partial charge in [0, 0.05) is 6.07 Å². The first-order valence-corrected chi connectivity index (χ1v) is 8.43. The molecule has 1 unspecified atom stereocenters. The molecule has 0 aliphatic heterocycles. The third kappa shape index (κ3) is 4.37. The monoisotopic (exact) mass is 394 g/mol. The van der Waals surface area contributed by atoms with E-state index in [0.29, 0.717) is 5.56 Å². The summed E-state index contributed by atoms with van der Waals surface area (Å²) in [4.78, 5) is 24.2. The van der Waals surface area contributed by atoms with Crippen LogP contribution in [0.25, 0.3) is 0 Å². The van der Waals surface area contributed by atoms with Crippen LogP contribution in [0, 0.1) is 0 Å². The molecule has 2 aromatic rings. The first-order chi connectivity index (χ1) is 13.4. The van der Waals surface area contributed by atoms with Crippen LogP contribution in [0.4, 0.5) is 0 Å². The molecule has 0 aliphatic rings. The normalized spacial score (nSPS) is 11.7. The van der Waals surface area contributed by atoms with Crippen molar-refractivity contribution in [2.45, 2.75) is 25.9 Å². The number of carbonyl (C=O) groups is 1. The highest BCUT2D eigenvalue weighted by molar-refractivity contribution is 5.72. The van der Waals surface area contributed by atoms with E-state index >= 15 is 0 Å². The van der Waals surface area contributed by atoms with Crippen molar-refractivity contribution in [1.29, 1.82) is 0 Å². The number of benzene rings is 1. The van der Waals surface area contributed by atoms with Crippen molar-refractivity contribution in [3.05, 3.63) is 45.5 Å². The molecule has 0 aliphatic carbocycles. The van der Waals surface area contributed by atoms with E-state index in [1.165, 1.54) is 26.4 Å². The van der Waals surface area contributed by atoms with Crippen molar-refractivity contribution in [2.24, 2.45) is 0 Å². The lowest BCUT2D eigenvalue weighted by Crippen LogP contribution is -2.15. The quantitative estimate of drug-likeness (QED) is 0.571. The lowest BCUT2D eigenvalue weighted by Gasteiger charge is -2.19. The number of carbonyl (C=O) groups excluding carboxylic acids is 1. The highest BCUT2D eigenvalue weighted by atomic mass is 16.5. The Morgan fingerprint density at radius 2 is 1.71 bits per heavy atom. The first-order valence-electron chi connectivity index (χ1n) is 8.43. The number of ether oxygens (including phenoxy) is 3. The third-order valence-electron chi connectivity index (χ3n) is 4.05. The summed E-state index contributed by atoms with van der Waals surface area (Å²) >= 11 is 0. The Morgan fingerprint density at radius 1 is 1.11 bits per heavy atom. The van der Waals surface area contributed by atoms with Crippen LogP contribution in [0.2, 0.25) is 0 Å². The molecule has 0 saturated heterocycles. The van der Waals surface area contributed by atoms with Gasteiger partial charge in [-0.25, -0.2) is 0 Å². The molecule has 0 bridgehead atoms. The van der Waals surface area contributed by atoms with Gasteiger partial charge in [0.25, 0.3) is 0 Å². The number of aromatic hydroxyl groups is 2. The fourth-order valence-corrected chi connectivity index (χ4v) is 2.73. The second-order valence-corrected chi connectivity index (χ2v) is 5.78. The molecule has 0 spiro atoms. The zero-order valence-corrected chi connectivity index (χ0v) is 15.7. The molecule has 9 heteroatoms. The second kappa shape index (κ2) is 9.14. The molecular weight excluding hydrogens is 372 g/mol. The van der Waals surface area contributed by atoms with Crippen LogP contribution in [0.15, 0.2) is 27.4 Å². The summed E-state index contributed by atoms with van der Waals surface area (Å²) in [6, 6.07) is 3.80. The van der Waals surface area contributed by atoms with E-state index in [1.807, 2.05) is 0 Å². The molecule has 152 valence electrons. The molecule has 9 nitrogen and oxygen atoms in total. The maximum atomic E-state index is 12.1. The van der Waals surface area contributed by atoms with E-state index in [1.54, 1.807) is 6.92 Å². The molecule has 0 saturated carbocycles. The number of hydrogen-bond donors (Lipinski definition) is 3. The minimum Gasteiger partial charge on any atom is -0.502 e. The molecule has 2 rings (SSSR count). The second-order valence-electron chi connectivity index (χ2n) is 5.78. The topological polar surface area (TPSA) is 136 Å². The predicted octanol–water partition coefficient (Wildman–Crippen LogP) is 1.65. The zero-order valence-electron chi connectivity index (χ0n) is 15.7. The van der Waals surface area contributed by atoms with Gasteiger partial charge in [-0.15, -0.1) is 0 Å². The molecule has 1 aromatic carbocycles. The number of esters is 1. The Morgan fingerprint density at radius 3 is 2.21 bits per heavy atom. The van der Waals surface area contributed by atoms with Gasteiger partial charge in [-0.05, 0) is 24.6 Å². The van der Waals surface area contributed by atoms with Gasteiger partial charge in [0.05, 0.1) is 33.2 Å². The molecule has 1 heterocycles. The summed E-state index contributed by atoms with van der Waals surface area (Å²) in [6.45, 7) is 1.21. The summed E-state index contributed by atoms with van der Waals surface area (Å²) < 4.78 is 20.7. The van der Waals surface area contributed by atoms with E-state index < -0.39 is 29.7 Å². The Bertz CT molecular complexity index is 876. The zero-order chi connectivity index (χ0) is 20.8. The van der Waals surface area contributed by atoms with Crippen LogP contribution >= 0.6 is 0 Å². The largest absolute Gasteiger partial charge is 0.502 e. The van der Waals surface area contributed by atoms with Gasteiger partial charge >= 0.3 is 5.97 Å². The van der Waals surface area contributed by atoms with Crippen molar-refractivity contribution in [1.82, 2.24) is 0 Å². The first kappa shape index (κ1) is 21.1. The van der Waals surface area contributed by atoms with Gasteiger partial charge in [0.15, 0.2) is 17.3 Å². The van der Waals surface area contributed by atoms with Crippen LogP contribution in [-0.4, -0.2) is 42.1 Å². The highest BCUT2D eigenvalue weighted by Gasteiger charge is 2.28. The number of methoxy groups -OCH3 is 2. The summed E-state index contributed by atoms with van der Waals surface area (Å²) in [5.74, 6) is -2.71. The molecular formula is C19H22O9. The van der Waals surface area contributed by atoms with E-state index in [-0.39, 0.29) is 41.8 Å². The standard InChI is InChI=1S/C19H22O9/c1-4-27-16(22)8-12(19-17(23)13(21)7-11(9-20)28-19)10-5-14(25-2)18(24)15(6-10)26-3/h5-7,12,20,23-24H,4,8-9H2,1-3H3. The van der Waals surface area contributed by atoms with Crippen LogP contribution < -0.4 is 14.9 Å².